The maximum atomic E-state index is 9.34. The fraction of sp³-hybridized carbons (Fsp3) is 0.600. The summed E-state index contributed by atoms with van der Waals surface area (Å²) in [6.45, 7) is 6.55. The van der Waals surface area contributed by atoms with Crippen molar-refractivity contribution >= 4 is 5.69 Å². The molecular formula is C15H26N2O. The van der Waals surface area contributed by atoms with Gasteiger partial charge >= 0.3 is 0 Å². The third-order valence-electron chi connectivity index (χ3n) is 3.37. The standard InChI is InChI=1S/C15H26N2O/c1-11(2)15(10-18)16-12(3)13-6-8-14(9-7-13)17(4)5/h6-9,11-12,15-16,18H,10H2,1-5H3/t12?,15-/m1/s1. The van der Waals surface area contributed by atoms with Crippen molar-refractivity contribution in [3.8, 4) is 0 Å². The van der Waals surface area contributed by atoms with Crippen molar-refractivity contribution in [3.63, 3.8) is 0 Å². The number of nitrogens with zero attached hydrogens (tertiary/aromatic N) is 1. The van der Waals surface area contributed by atoms with E-state index in [1.807, 2.05) is 14.1 Å². The monoisotopic (exact) mass is 250 g/mol. The third kappa shape index (κ3) is 4.00. The lowest BCUT2D eigenvalue weighted by atomic mass is 10.0. The topological polar surface area (TPSA) is 35.5 Å². The first-order valence-corrected chi connectivity index (χ1v) is 6.60. The zero-order chi connectivity index (χ0) is 13.7. The molecule has 3 nitrogen and oxygen atoms in total. The van der Waals surface area contributed by atoms with Gasteiger partial charge in [-0.05, 0) is 30.5 Å². The normalized spacial score (nSPS) is 14.6. The Balaban J connectivity index is 2.69. The number of nitrogens with one attached hydrogen (secondary N) is 1. The lowest BCUT2D eigenvalue weighted by Gasteiger charge is -2.25. The van der Waals surface area contributed by atoms with E-state index in [4.69, 9.17) is 0 Å². The molecule has 0 radical (unpaired) electrons. The number of rotatable bonds is 6. The van der Waals surface area contributed by atoms with Gasteiger partial charge in [-0.25, -0.2) is 0 Å². The van der Waals surface area contributed by atoms with Crippen LogP contribution in [-0.2, 0) is 0 Å². The van der Waals surface area contributed by atoms with Crippen LogP contribution >= 0.6 is 0 Å². The molecule has 0 saturated carbocycles. The minimum absolute atomic E-state index is 0.147. The Morgan fingerprint density at radius 2 is 1.67 bits per heavy atom. The minimum atomic E-state index is 0.147. The molecule has 0 aliphatic rings. The third-order valence-corrected chi connectivity index (χ3v) is 3.37. The van der Waals surface area contributed by atoms with E-state index in [9.17, 15) is 5.11 Å². The van der Waals surface area contributed by atoms with Crippen molar-refractivity contribution in [2.24, 2.45) is 5.92 Å². The van der Waals surface area contributed by atoms with Crippen molar-refractivity contribution in [1.82, 2.24) is 5.32 Å². The predicted molar refractivity (Wildman–Crippen MR) is 78.0 cm³/mol. The predicted octanol–water partition coefficient (Wildman–Crippen LogP) is 2.42. The maximum absolute atomic E-state index is 9.34. The molecule has 18 heavy (non-hydrogen) atoms. The van der Waals surface area contributed by atoms with Gasteiger partial charge in [0.1, 0.15) is 0 Å². The summed E-state index contributed by atoms with van der Waals surface area (Å²) in [5.41, 5.74) is 2.45. The van der Waals surface area contributed by atoms with Crippen LogP contribution in [0.5, 0.6) is 0 Å². The summed E-state index contributed by atoms with van der Waals surface area (Å²) in [5, 5.41) is 12.8. The molecular weight excluding hydrogens is 224 g/mol. The van der Waals surface area contributed by atoms with E-state index in [1.54, 1.807) is 0 Å². The molecule has 0 heterocycles. The second-order valence-corrected chi connectivity index (χ2v) is 5.41. The van der Waals surface area contributed by atoms with Crippen LogP contribution in [0.25, 0.3) is 0 Å². The van der Waals surface area contributed by atoms with Gasteiger partial charge in [0.05, 0.1) is 6.61 Å². The van der Waals surface area contributed by atoms with E-state index in [1.165, 1.54) is 11.3 Å². The van der Waals surface area contributed by atoms with Crippen molar-refractivity contribution in [3.05, 3.63) is 29.8 Å². The van der Waals surface area contributed by atoms with Crippen LogP contribution in [0.2, 0.25) is 0 Å². The number of hydrogen-bond donors (Lipinski definition) is 2. The first-order valence-electron chi connectivity index (χ1n) is 6.60. The van der Waals surface area contributed by atoms with E-state index in [-0.39, 0.29) is 18.7 Å². The zero-order valence-electron chi connectivity index (χ0n) is 12.1. The molecule has 2 N–H and O–H groups in total. The molecule has 0 aromatic heterocycles. The van der Waals surface area contributed by atoms with E-state index in [0.717, 1.165) is 0 Å². The van der Waals surface area contributed by atoms with Gasteiger partial charge in [-0.2, -0.15) is 0 Å². The average molecular weight is 250 g/mol. The molecule has 0 aliphatic heterocycles. The van der Waals surface area contributed by atoms with Gasteiger partial charge in [0, 0.05) is 31.9 Å². The minimum Gasteiger partial charge on any atom is -0.395 e. The van der Waals surface area contributed by atoms with Gasteiger partial charge in [-0.3, -0.25) is 0 Å². The lowest BCUT2D eigenvalue weighted by molar-refractivity contribution is 0.201. The molecule has 2 atom stereocenters. The molecule has 0 aliphatic carbocycles. The summed E-state index contributed by atoms with van der Waals surface area (Å²) < 4.78 is 0. The van der Waals surface area contributed by atoms with E-state index in [0.29, 0.717) is 5.92 Å². The fourth-order valence-corrected chi connectivity index (χ4v) is 1.93. The summed E-state index contributed by atoms with van der Waals surface area (Å²) in [5.74, 6) is 0.429. The van der Waals surface area contributed by atoms with Crippen LogP contribution in [-0.4, -0.2) is 31.9 Å². The molecule has 0 spiro atoms. The Hall–Kier alpha value is -1.06. The van der Waals surface area contributed by atoms with E-state index >= 15 is 0 Å². The largest absolute Gasteiger partial charge is 0.395 e. The number of anilines is 1. The Kier molecular flexibility index (Phi) is 5.63. The van der Waals surface area contributed by atoms with E-state index < -0.39 is 0 Å². The van der Waals surface area contributed by atoms with Crippen LogP contribution in [0.1, 0.15) is 32.4 Å². The van der Waals surface area contributed by atoms with E-state index in [2.05, 4.69) is 55.3 Å². The van der Waals surface area contributed by atoms with Gasteiger partial charge in [-0.15, -0.1) is 0 Å². The maximum Gasteiger partial charge on any atom is 0.0587 e. The van der Waals surface area contributed by atoms with Gasteiger partial charge in [0.25, 0.3) is 0 Å². The average Bonchev–Trinajstić information content (AvgIpc) is 2.35. The smallest absolute Gasteiger partial charge is 0.0587 e. The van der Waals surface area contributed by atoms with Crippen LogP contribution in [0, 0.1) is 5.92 Å². The Morgan fingerprint density at radius 3 is 2.06 bits per heavy atom. The molecule has 102 valence electrons. The van der Waals surface area contributed by atoms with Crippen molar-refractivity contribution in [1.29, 1.82) is 0 Å². The molecule has 3 heteroatoms. The highest BCUT2D eigenvalue weighted by Crippen LogP contribution is 2.19. The number of benzene rings is 1. The Bertz CT molecular complexity index is 346. The second kappa shape index (κ2) is 6.76. The number of aliphatic hydroxyl groups excluding tert-OH is 1. The summed E-state index contributed by atoms with van der Waals surface area (Å²) in [4.78, 5) is 2.09. The quantitative estimate of drug-likeness (QED) is 0.814. The van der Waals surface area contributed by atoms with Crippen LogP contribution < -0.4 is 10.2 Å². The van der Waals surface area contributed by atoms with Crippen LogP contribution in [0.4, 0.5) is 5.69 Å². The van der Waals surface area contributed by atoms with Gasteiger partial charge in [0.2, 0.25) is 0 Å². The lowest BCUT2D eigenvalue weighted by Crippen LogP contribution is -2.38. The molecule has 0 amide bonds. The SMILES string of the molecule is CC(N[C@H](CO)C(C)C)c1ccc(N(C)C)cc1. The summed E-state index contributed by atoms with van der Waals surface area (Å²) in [6, 6.07) is 8.92. The Labute approximate surface area is 111 Å². The highest BCUT2D eigenvalue weighted by Gasteiger charge is 2.15. The van der Waals surface area contributed by atoms with Gasteiger partial charge in [0.15, 0.2) is 0 Å². The molecule has 1 rings (SSSR count). The molecule has 1 aromatic carbocycles. The first-order chi connectivity index (χ1) is 8.45. The number of hydrogen-bond acceptors (Lipinski definition) is 3. The van der Waals surface area contributed by atoms with Crippen molar-refractivity contribution in [2.45, 2.75) is 32.9 Å². The van der Waals surface area contributed by atoms with Crippen LogP contribution in [0.3, 0.4) is 0 Å². The molecule has 1 aromatic rings. The molecule has 0 bridgehead atoms. The van der Waals surface area contributed by atoms with Crippen molar-refractivity contribution < 1.29 is 5.11 Å². The highest BCUT2D eigenvalue weighted by molar-refractivity contribution is 5.46. The summed E-state index contributed by atoms with van der Waals surface area (Å²) >= 11 is 0. The van der Waals surface area contributed by atoms with Crippen molar-refractivity contribution in [2.75, 3.05) is 25.6 Å². The first kappa shape index (κ1) is 15.0. The van der Waals surface area contributed by atoms with Gasteiger partial charge < -0.3 is 15.3 Å². The van der Waals surface area contributed by atoms with Gasteiger partial charge in [-0.1, -0.05) is 26.0 Å². The molecule has 1 unspecified atom stereocenters. The zero-order valence-corrected chi connectivity index (χ0v) is 12.1. The molecule has 0 fully saturated rings. The Morgan fingerprint density at radius 1 is 1.11 bits per heavy atom. The summed E-state index contributed by atoms with van der Waals surface area (Å²) in [7, 11) is 4.08. The van der Waals surface area contributed by atoms with Crippen LogP contribution in [0.15, 0.2) is 24.3 Å². The second-order valence-electron chi connectivity index (χ2n) is 5.41. The fourth-order valence-electron chi connectivity index (χ4n) is 1.93. The summed E-state index contributed by atoms with van der Waals surface area (Å²) in [6.07, 6.45) is 0. The number of aliphatic hydroxyl groups is 1. The highest BCUT2D eigenvalue weighted by atomic mass is 16.3. The molecule has 0 saturated heterocycles.